The second-order valence-electron chi connectivity index (χ2n) is 6.43. The molecule has 144 valence electrons. The highest BCUT2D eigenvalue weighted by Gasteiger charge is 2.17. The molecule has 0 fully saturated rings. The van der Waals surface area contributed by atoms with E-state index in [9.17, 15) is 0 Å². The monoisotopic (exact) mass is 378 g/mol. The molecule has 7 heteroatoms. The molecule has 0 saturated heterocycles. The van der Waals surface area contributed by atoms with Crippen molar-refractivity contribution < 1.29 is 13.9 Å². The highest BCUT2D eigenvalue weighted by molar-refractivity contribution is 5.86. The number of hydrogen-bond donors (Lipinski definition) is 0. The standard InChI is InChI=1S/C21H22N4O3/c1-3-4-11-28-21-23-18(17-6-5-12-27-17)19-20(24-21)25(14-22-19)13-15-7-9-16(26-2)10-8-15/h5-10,12,14H,3-4,11,13H2,1-2H3. The van der Waals surface area contributed by atoms with Crippen LogP contribution >= 0.6 is 0 Å². The van der Waals surface area contributed by atoms with Crippen LogP contribution in [0, 0.1) is 0 Å². The van der Waals surface area contributed by atoms with E-state index in [-0.39, 0.29) is 0 Å². The quantitative estimate of drug-likeness (QED) is 0.425. The van der Waals surface area contributed by atoms with E-state index >= 15 is 0 Å². The van der Waals surface area contributed by atoms with Gasteiger partial charge in [0.25, 0.3) is 0 Å². The average Bonchev–Trinajstić information content (AvgIpc) is 3.39. The van der Waals surface area contributed by atoms with Gasteiger partial charge in [-0.1, -0.05) is 25.5 Å². The zero-order valence-corrected chi connectivity index (χ0v) is 16.0. The van der Waals surface area contributed by atoms with Crippen molar-refractivity contribution in [3.8, 4) is 23.2 Å². The van der Waals surface area contributed by atoms with Gasteiger partial charge in [-0.15, -0.1) is 0 Å². The molecule has 28 heavy (non-hydrogen) atoms. The van der Waals surface area contributed by atoms with Crippen LogP contribution in [0.5, 0.6) is 11.8 Å². The molecule has 0 spiro atoms. The van der Waals surface area contributed by atoms with Crippen LogP contribution in [0.2, 0.25) is 0 Å². The van der Waals surface area contributed by atoms with Crippen molar-refractivity contribution in [3.63, 3.8) is 0 Å². The molecule has 3 aromatic heterocycles. The van der Waals surface area contributed by atoms with Crippen molar-refractivity contribution in [3.05, 3.63) is 54.6 Å². The second-order valence-corrected chi connectivity index (χ2v) is 6.43. The summed E-state index contributed by atoms with van der Waals surface area (Å²) in [6, 6.07) is 12.0. The number of benzene rings is 1. The lowest BCUT2D eigenvalue weighted by atomic mass is 10.2. The molecule has 0 aliphatic rings. The fourth-order valence-corrected chi connectivity index (χ4v) is 2.93. The molecule has 0 aliphatic carbocycles. The summed E-state index contributed by atoms with van der Waals surface area (Å²) in [4.78, 5) is 13.7. The number of aromatic nitrogens is 4. The first kappa shape index (κ1) is 18.0. The first-order valence-corrected chi connectivity index (χ1v) is 9.31. The summed E-state index contributed by atoms with van der Waals surface area (Å²) in [5.74, 6) is 1.47. The molecule has 4 rings (SSSR count). The van der Waals surface area contributed by atoms with Gasteiger partial charge in [-0.3, -0.25) is 0 Å². The van der Waals surface area contributed by atoms with E-state index in [1.807, 2.05) is 41.0 Å². The molecular formula is C21H22N4O3. The number of methoxy groups -OCH3 is 1. The lowest BCUT2D eigenvalue weighted by Crippen LogP contribution is -2.05. The van der Waals surface area contributed by atoms with Gasteiger partial charge in [0.15, 0.2) is 11.4 Å². The van der Waals surface area contributed by atoms with Gasteiger partial charge >= 0.3 is 6.01 Å². The van der Waals surface area contributed by atoms with E-state index in [0.29, 0.717) is 41.8 Å². The van der Waals surface area contributed by atoms with Gasteiger partial charge in [-0.2, -0.15) is 9.97 Å². The van der Waals surface area contributed by atoms with Gasteiger partial charge in [0, 0.05) is 0 Å². The van der Waals surface area contributed by atoms with Gasteiger partial charge < -0.3 is 18.5 Å². The summed E-state index contributed by atoms with van der Waals surface area (Å²) in [6.07, 6.45) is 5.38. The van der Waals surface area contributed by atoms with E-state index in [1.165, 1.54) is 0 Å². The summed E-state index contributed by atoms with van der Waals surface area (Å²) >= 11 is 0. The third-order valence-corrected chi connectivity index (χ3v) is 4.44. The third kappa shape index (κ3) is 3.69. The average molecular weight is 378 g/mol. The Bertz CT molecular complexity index is 1040. The number of nitrogens with zero attached hydrogens (tertiary/aromatic N) is 4. The lowest BCUT2D eigenvalue weighted by molar-refractivity contribution is 0.286. The smallest absolute Gasteiger partial charge is 0.319 e. The van der Waals surface area contributed by atoms with E-state index in [1.54, 1.807) is 19.7 Å². The predicted molar refractivity (Wildman–Crippen MR) is 106 cm³/mol. The Labute approximate surface area is 163 Å². The van der Waals surface area contributed by atoms with Crippen LogP contribution in [0.25, 0.3) is 22.6 Å². The number of furan rings is 1. The number of imidazole rings is 1. The molecule has 7 nitrogen and oxygen atoms in total. The van der Waals surface area contributed by atoms with Crippen molar-refractivity contribution in [2.24, 2.45) is 0 Å². The topological polar surface area (TPSA) is 75.2 Å². The Kier molecular flexibility index (Phi) is 5.23. The van der Waals surface area contributed by atoms with Crippen molar-refractivity contribution in [2.45, 2.75) is 26.3 Å². The van der Waals surface area contributed by atoms with Crippen LogP contribution in [-0.2, 0) is 6.54 Å². The zero-order chi connectivity index (χ0) is 19.3. The van der Waals surface area contributed by atoms with E-state index in [2.05, 4.69) is 21.9 Å². The third-order valence-electron chi connectivity index (χ3n) is 4.44. The molecule has 0 atom stereocenters. The molecule has 4 aromatic rings. The Morgan fingerprint density at radius 3 is 2.68 bits per heavy atom. The first-order chi connectivity index (χ1) is 13.8. The molecular weight excluding hydrogens is 356 g/mol. The van der Waals surface area contributed by atoms with Crippen LogP contribution in [0.4, 0.5) is 0 Å². The van der Waals surface area contributed by atoms with E-state index < -0.39 is 0 Å². The maximum absolute atomic E-state index is 5.78. The number of ether oxygens (including phenoxy) is 2. The maximum Gasteiger partial charge on any atom is 0.319 e. The van der Waals surface area contributed by atoms with E-state index in [0.717, 1.165) is 24.2 Å². The highest BCUT2D eigenvalue weighted by atomic mass is 16.5. The zero-order valence-electron chi connectivity index (χ0n) is 16.0. The van der Waals surface area contributed by atoms with Crippen molar-refractivity contribution in [2.75, 3.05) is 13.7 Å². The first-order valence-electron chi connectivity index (χ1n) is 9.31. The van der Waals surface area contributed by atoms with E-state index in [4.69, 9.17) is 13.9 Å². The minimum atomic E-state index is 0.337. The fraction of sp³-hybridized carbons (Fsp3) is 0.286. The second kappa shape index (κ2) is 8.12. The predicted octanol–water partition coefficient (Wildman–Crippen LogP) is 4.32. The van der Waals surface area contributed by atoms with Crippen LogP contribution in [0.1, 0.15) is 25.3 Å². The number of rotatable bonds is 8. The van der Waals surface area contributed by atoms with Gasteiger partial charge in [0.1, 0.15) is 17.0 Å². The summed E-state index contributed by atoms with van der Waals surface area (Å²) in [5, 5.41) is 0. The Morgan fingerprint density at radius 1 is 1.11 bits per heavy atom. The van der Waals surface area contributed by atoms with Crippen LogP contribution < -0.4 is 9.47 Å². The molecule has 0 bridgehead atoms. The fourth-order valence-electron chi connectivity index (χ4n) is 2.93. The molecule has 0 amide bonds. The highest BCUT2D eigenvalue weighted by Crippen LogP contribution is 2.28. The minimum Gasteiger partial charge on any atom is -0.497 e. The minimum absolute atomic E-state index is 0.337. The lowest BCUT2D eigenvalue weighted by Gasteiger charge is -2.08. The Balaban J connectivity index is 1.72. The number of unbranched alkanes of at least 4 members (excludes halogenated alkanes) is 1. The summed E-state index contributed by atoms with van der Waals surface area (Å²) in [5.41, 5.74) is 3.15. The Hall–Kier alpha value is -3.35. The number of hydrogen-bond acceptors (Lipinski definition) is 6. The molecule has 0 N–H and O–H groups in total. The van der Waals surface area contributed by atoms with Crippen molar-refractivity contribution >= 4 is 11.2 Å². The van der Waals surface area contributed by atoms with Crippen LogP contribution in [0.15, 0.2) is 53.4 Å². The van der Waals surface area contributed by atoms with Gasteiger partial charge in [-0.25, -0.2) is 4.98 Å². The molecule has 3 heterocycles. The van der Waals surface area contributed by atoms with Crippen molar-refractivity contribution in [1.29, 1.82) is 0 Å². The number of fused-ring (bicyclic) bond motifs is 1. The summed E-state index contributed by atoms with van der Waals surface area (Å²) in [7, 11) is 1.66. The summed E-state index contributed by atoms with van der Waals surface area (Å²) < 4.78 is 18.5. The molecule has 1 aromatic carbocycles. The maximum atomic E-state index is 5.78. The van der Waals surface area contributed by atoms with Crippen LogP contribution in [0.3, 0.4) is 0 Å². The molecule has 0 unspecified atom stereocenters. The van der Waals surface area contributed by atoms with Crippen LogP contribution in [-0.4, -0.2) is 33.2 Å². The molecule has 0 aliphatic heterocycles. The van der Waals surface area contributed by atoms with Gasteiger partial charge in [0.05, 0.1) is 32.9 Å². The van der Waals surface area contributed by atoms with Crippen molar-refractivity contribution in [1.82, 2.24) is 19.5 Å². The van der Waals surface area contributed by atoms with Gasteiger partial charge in [-0.05, 0) is 36.2 Å². The largest absolute Gasteiger partial charge is 0.497 e. The van der Waals surface area contributed by atoms with Gasteiger partial charge in [0.2, 0.25) is 0 Å². The molecule has 0 saturated carbocycles. The summed E-state index contributed by atoms with van der Waals surface area (Å²) in [6.45, 7) is 3.32. The SMILES string of the molecule is CCCCOc1nc(-c2ccco2)c2ncn(Cc3ccc(OC)cc3)c2n1. The Morgan fingerprint density at radius 2 is 1.96 bits per heavy atom. The molecule has 0 radical (unpaired) electrons. The normalized spacial score (nSPS) is 11.1.